The second kappa shape index (κ2) is 6.01. The Hall–Kier alpha value is -1.63. The zero-order chi connectivity index (χ0) is 13.8. The van der Waals surface area contributed by atoms with Crippen molar-refractivity contribution >= 4 is 5.69 Å². The first-order valence-electron chi connectivity index (χ1n) is 6.71. The molecule has 0 radical (unpaired) electrons. The number of hydrogen-bond donors (Lipinski definition) is 1. The van der Waals surface area contributed by atoms with Gasteiger partial charge in [-0.1, -0.05) is 13.3 Å². The molecule has 7 nitrogen and oxygen atoms in total. The van der Waals surface area contributed by atoms with Gasteiger partial charge in [-0.15, -0.1) is 0 Å². The summed E-state index contributed by atoms with van der Waals surface area (Å²) in [6.07, 6.45) is 3.19. The Bertz CT molecular complexity index is 452. The van der Waals surface area contributed by atoms with E-state index in [1.807, 2.05) is 6.92 Å². The van der Waals surface area contributed by atoms with Crippen LogP contribution in [0.25, 0.3) is 0 Å². The fourth-order valence-corrected chi connectivity index (χ4v) is 2.34. The number of aryl methyl sites for hydroxylation is 2. The van der Waals surface area contributed by atoms with E-state index >= 15 is 0 Å². The number of aromatic nitrogens is 2. The van der Waals surface area contributed by atoms with Crippen LogP contribution in [0, 0.1) is 10.1 Å². The van der Waals surface area contributed by atoms with E-state index in [0.717, 1.165) is 32.4 Å². The van der Waals surface area contributed by atoms with Crippen LogP contribution in [-0.2, 0) is 13.5 Å². The van der Waals surface area contributed by atoms with Crippen molar-refractivity contribution in [1.82, 2.24) is 15.1 Å². The molecule has 0 spiro atoms. The van der Waals surface area contributed by atoms with E-state index in [1.165, 1.54) is 4.68 Å². The molecule has 0 amide bonds. The van der Waals surface area contributed by atoms with Crippen LogP contribution < -0.4 is 10.1 Å². The molecule has 2 rings (SSSR count). The molecule has 0 aliphatic carbocycles. The van der Waals surface area contributed by atoms with Gasteiger partial charge in [-0.25, -0.2) is 4.68 Å². The van der Waals surface area contributed by atoms with Crippen molar-refractivity contribution in [2.75, 3.05) is 13.1 Å². The SMILES string of the molecule is CCCc1nn(C)c(OC2CCNCC2)c1[N+](=O)[O-]. The highest BCUT2D eigenvalue weighted by Crippen LogP contribution is 2.32. The van der Waals surface area contributed by atoms with Crippen LogP contribution in [0.3, 0.4) is 0 Å². The van der Waals surface area contributed by atoms with Gasteiger partial charge in [0.05, 0.1) is 4.92 Å². The summed E-state index contributed by atoms with van der Waals surface area (Å²) in [5.74, 6) is 0.292. The fourth-order valence-electron chi connectivity index (χ4n) is 2.34. The molecular formula is C12H20N4O3. The standard InChI is InChI=1S/C12H20N4O3/c1-3-4-10-11(16(17)18)12(15(2)14-10)19-9-5-7-13-8-6-9/h9,13H,3-8H2,1-2H3. The zero-order valence-electron chi connectivity index (χ0n) is 11.4. The third-order valence-electron chi connectivity index (χ3n) is 3.27. The van der Waals surface area contributed by atoms with Crippen molar-refractivity contribution < 1.29 is 9.66 Å². The van der Waals surface area contributed by atoms with E-state index in [4.69, 9.17) is 4.74 Å². The molecule has 1 fully saturated rings. The quantitative estimate of drug-likeness (QED) is 0.645. The predicted octanol–water partition coefficient (Wildman–Crippen LogP) is 1.41. The van der Waals surface area contributed by atoms with Crippen LogP contribution in [0.5, 0.6) is 5.88 Å². The van der Waals surface area contributed by atoms with Crippen LogP contribution in [-0.4, -0.2) is 33.9 Å². The monoisotopic (exact) mass is 268 g/mol. The minimum Gasteiger partial charge on any atom is -0.470 e. The molecule has 2 heterocycles. The third-order valence-corrected chi connectivity index (χ3v) is 3.27. The summed E-state index contributed by atoms with van der Waals surface area (Å²) in [6, 6.07) is 0. The molecule has 0 aromatic carbocycles. The number of ether oxygens (including phenoxy) is 1. The first-order valence-corrected chi connectivity index (χ1v) is 6.71. The minimum atomic E-state index is -0.381. The van der Waals surface area contributed by atoms with Crippen molar-refractivity contribution in [3.63, 3.8) is 0 Å². The molecule has 0 unspecified atom stereocenters. The van der Waals surface area contributed by atoms with Crippen molar-refractivity contribution in [1.29, 1.82) is 0 Å². The number of rotatable bonds is 5. The van der Waals surface area contributed by atoms with Crippen molar-refractivity contribution in [3.05, 3.63) is 15.8 Å². The molecule has 0 bridgehead atoms. The van der Waals surface area contributed by atoms with E-state index in [-0.39, 0.29) is 16.7 Å². The summed E-state index contributed by atoms with van der Waals surface area (Å²) < 4.78 is 7.32. The molecule has 1 aliphatic heterocycles. The van der Waals surface area contributed by atoms with Gasteiger partial charge in [0.2, 0.25) is 0 Å². The molecule has 1 N–H and O–H groups in total. The Kier molecular flexibility index (Phi) is 4.36. The smallest absolute Gasteiger partial charge is 0.353 e. The van der Waals surface area contributed by atoms with Gasteiger partial charge in [-0.3, -0.25) is 10.1 Å². The molecule has 1 aliphatic rings. The molecule has 106 valence electrons. The Morgan fingerprint density at radius 3 is 2.79 bits per heavy atom. The van der Waals surface area contributed by atoms with Gasteiger partial charge in [0.1, 0.15) is 11.8 Å². The van der Waals surface area contributed by atoms with E-state index < -0.39 is 0 Å². The Labute approximate surface area is 112 Å². The first-order chi connectivity index (χ1) is 9.13. The van der Waals surface area contributed by atoms with Crippen LogP contribution in [0.15, 0.2) is 0 Å². The molecule has 0 saturated carbocycles. The lowest BCUT2D eigenvalue weighted by Gasteiger charge is -2.23. The van der Waals surface area contributed by atoms with Crippen LogP contribution >= 0.6 is 0 Å². The maximum atomic E-state index is 11.2. The maximum Gasteiger partial charge on any atom is 0.353 e. The lowest BCUT2D eigenvalue weighted by atomic mass is 10.1. The van der Waals surface area contributed by atoms with E-state index in [9.17, 15) is 10.1 Å². The topological polar surface area (TPSA) is 82.2 Å². The van der Waals surface area contributed by atoms with Crippen LogP contribution in [0.2, 0.25) is 0 Å². The summed E-state index contributed by atoms with van der Waals surface area (Å²) in [6.45, 7) is 3.75. The second-order valence-corrected chi connectivity index (χ2v) is 4.80. The lowest BCUT2D eigenvalue weighted by molar-refractivity contribution is -0.386. The Balaban J connectivity index is 2.24. The van der Waals surface area contributed by atoms with Gasteiger partial charge in [0, 0.05) is 7.05 Å². The van der Waals surface area contributed by atoms with Crippen LogP contribution in [0.1, 0.15) is 31.9 Å². The van der Waals surface area contributed by atoms with Gasteiger partial charge in [0.15, 0.2) is 0 Å². The molecule has 0 atom stereocenters. The molecular weight excluding hydrogens is 248 g/mol. The predicted molar refractivity (Wildman–Crippen MR) is 70.4 cm³/mol. The summed E-state index contributed by atoms with van der Waals surface area (Å²) in [7, 11) is 1.70. The van der Waals surface area contributed by atoms with E-state index in [1.54, 1.807) is 7.05 Å². The van der Waals surface area contributed by atoms with Gasteiger partial charge in [0.25, 0.3) is 5.88 Å². The molecule has 1 saturated heterocycles. The Morgan fingerprint density at radius 1 is 1.53 bits per heavy atom. The van der Waals surface area contributed by atoms with Crippen molar-refractivity contribution in [2.45, 2.75) is 38.7 Å². The fraction of sp³-hybridized carbons (Fsp3) is 0.750. The number of hydrogen-bond acceptors (Lipinski definition) is 5. The average molecular weight is 268 g/mol. The number of nitrogens with one attached hydrogen (secondary N) is 1. The van der Waals surface area contributed by atoms with Gasteiger partial charge >= 0.3 is 5.69 Å². The van der Waals surface area contributed by atoms with Gasteiger partial charge in [-0.05, 0) is 32.4 Å². The summed E-state index contributed by atoms with van der Waals surface area (Å²) in [5.41, 5.74) is 0.543. The molecule has 7 heteroatoms. The highest BCUT2D eigenvalue weighted by atomic mass is 16.6. The zero-order valence-corrected chi connectivity index (χ0v) is 11.4. The first kappa shape index (κ1) is 13.8. The largest absolute Gasteiger partial charge is 0.470 e. The average Bonchev–Trinajstić information content (AvgIpc) is 2.68. The second-order valence-electron chi connectivity index (χ2n) is 4.80. The van der Waals surface area contributed by atoms with E-state index in [2.05, 4.69) is 10.4 Å². The number of piperidine rings is 1. The third kappa shape index (κ3) is 3.04. The van der Waals surface area contributed by atoms with Gasteiger partial charge in [-0.2, -0.15) is 5.10 Å². The van der Waals surface area contributed by atoms with Crippen molar-refractivity contribution in [2.24, 2.45) is 7.05 Å². The maximum absolute atomic E-state index is 11.2. The lowest BCUT2D eigenvalue weighted by Crippen LogP contribution is -2.34. The molecule has 1 aromatic heterocycles. The van der Waals surface area contributed by atoms with Gasteiger partial charge < -0.3 is 10.1 Å². The number of nitrogens with zero attached hydrogens (tertiary/aromatic N) is 3. The summed E-state index contributed by atoms with van der Waals surface area (Å²) in [5, 5.41) is 18.7. The molecule has 19 heavy (non-hydrogen) atoms. The Morgan fingerprint density at radius 2 is 2.21 bits per heavy atom. The number of nitro groups is 1. The normalized spacial score (nSPS) is 16.5. The highest BCUT2D eigenvalue weighted by Gasteiger charge is 2.30. The van der Waals surface area contributed by atoms with Crippen molar-refractivity contribution in [3.8, 4) is 5.88 Å². The summed E-state index contributed by atoms with van der Waals surface area (Å²) >= 11 is 0. The summed E-state index contributed by atoms with van der Waals surface area (Å²) in [4.78, 5) is 10.9. The van der Waals surface area contributed by atoms with Crippen LogP contribution in [0.4, 0.5) is 5.69 Å². The molecule has 1 aromatic rings. The minimum absolute atomic E-state index is 0.0304. The van der Waals surface area contributed by atoms with E-state index in [0.29, 0.717) is 18.0 Å². The highest BCUT2D eigenvalue weighted by molar-refractivity contribution is 5.46.